The minimum absolute atomic E-state index is 0.170. The molecule has 0 spiro atoms. The van der Waals surface area contributed by atoms with Crippen LogP contribution in [0.1, 0.15) is 38.7 Å². The summed E-state index contributed by atoms with van der Waals surface area (Å²) in [4.78, 5) is 10.4. The first-order valence-electron chi connectivity index (χ1n) is 7.72. The van der Waals surface area contributed by atoms with Gasteiger partial charge in [-0.3, -0.25) is 4.79 Å². The quantitative estimate of drug-likeness (QED) is 0.616. The number of carboxylic acids is 1. The lowest BCUT2D eigenvalue weighted by Crippen LogP contribution is -2.20. The zero-order chi connectivity index (χ0) is 15.5. The van der Waals surface area contributed by atoms with Crippen molar-refractivity contribution in [2.45, 2.75) is 39.5 Å². The highest BCUT2D eigenvalue weighted by Crippen LogP contribution is 2.13. The lowest BCUT2D eigenvalue weighted by atomic mass is 10.1. The van der Waals surface area contributed by atoms with Gasteiger partial charge in [0.15, 0.2) is 0 Å². The predicted molar refractivity (Wildman–Crippen MR) is 84.8 cm³/mol. The number of carboxylic acid groups (broad SMARTS) is 1. The number of aliphatic carboxylic acids is 1. The molecule has 0 aliphatic carbocycles. The van der Waals surface area contributed by atoms with Crippen LogP contribution in [0, 0.1) is 5.92 Å². The molecule has 0 saturated carbocycles. The first-order valence-corrected chi connectivity index (χ1v) is 7.72. The van der Waals surface area contributed by atoms with Gasteiger partial charge in [-0.15, -0.1) is 0 Å². The van der Waals surface area contributed by atoms with E-state index in [-0.39, 0.29) is 6.42 Å². The van der Waals surface area contributed by atoms with E-state index in [0.717, 1.165) is 37.7 Å². The van der Waals surface area contributed by atoms with E-state index in [1.54, 1.807) is 0 Å². The van der Waals surface area contributed by atoms with E-state index in [1.165, 1.54) is 12.0 Å². The molecule has 21 heavy (non-hydrogen) atoms. The predicted octanol–water partition coefficient (Wildman–Crippen LogP) is 3.11. The minimum Gasteiger partial charge on any atom is -0.494 e. The first kappa shape index (κ1) is 17.5. The van der Waals surface area contributed by atoms with Crippen molar-refractivity contribution in [3.8, 4) is 5.75 Å². The molecule has 0 saturated heterocycles. The molecule has 4 heteroatoms. The third kappa shape index (κ3) is 9.08. The fourth-order valence-electron chi connectivity index (χ4n) is 1.99. The molecule has 0 bridgehead atoms. The van der Waals surface area contributed by atoms with Crippen molar-refractivity contribution in [3.05, 3.63) is 29.8 Å². The Hall–Kier alpha value is -1.55. The van der Waals surface area contributed by atoms with Gasteiger partial charge in [-0.1, -0.05) is 26.0 Å². The molecule has 0 aromatic heterocycles. The van der Waals surface area contributed by atoms with Crippen LogP contribution in [0.15, 0.2) is 24.3 Å². The van der Waals surface area contributed by atoms with Crippen molar-refractivity contribution < 1.29 is 14.6 Å². The number of nitrogens with one attached hydrogen (secondary N) is 1. The normalized spacial score (nSPS) is 10.8. The highest BCUT2D eigenvalue weighted by Gasteiger charge is 1.99. The van der Waals surface area contributed by atoms with Crippen LogP contribution in [0.5, 0.6) is 5.75 Å². The minimum atomic E-state index is -0.763. The molecule has 1 rings (SSSR count). The number of hydrogen-bond donors (Lipinski definition) is 2. The van der Waals surface area contributed by atoms with Gasteiger partial charge in [0.05, 0.1) is 13.0 Å². The van der Waals surface area contributed by atoms with Gasteiger partial charge in [-0.25, -0.2) is 0 Å². The van der Waals surface area contributed by atoms with Crippen LogP contribution < -0.4 is 10.1 Å². The Labute approximate surface area is 127 Å². The van der Waals surface area contributed by atoms with E-state index < -0.39 is 5.97 Å². The van der Waals surface area contributed by atoms with Gasteiger partial charge < -0.3 is 15.2 Å². The third-order valence-electron chi connectivity index (χ3n) is 3.22. The molecular formula is C17H27NO3. The largest absolute Gasteiger partial charge is 0.494 e. The van der Waals surface area contributed by atoms with Crippen molar-refractivity contribution in [2.75, 3.05) is 19.7 Å². The van der Waals surface area contributed by atoms with Crippen LogP contribution in [0.25, 0.3) is 0 Å². The summed E-state index contributed by atoms with van der Waals surface area (Å²) in [5, 5.41) is 11.6. The molecular weight excluding hydrogens is 266 g/mol. The summed E-state index contributed by atoms with van der Waals surface area (Å²) in [6.45, 7) is 6.53. The fraction of sp³-hybridized carbons (Fsp3) is 0.588. The van der Waals surface area contributed by atoms with E-state index in [2.05, 4.69) is 31.3 Å². The van der Waals surface area contributed by atoms with Crippen LogP contribution in [-0.4, -0.2) is 30.8 Å². The van der Waals surface area contributed by atoms with E-state index >= 15 is 0 Å². The van der Waals surface area contributed by atoms with E-state index in [4.69, 9.17) is 9.84 Å². The number of ether oxygens (including phenoxy) is 1. The summed E-state index contributed by atoms with van der Waals surface area (Å²) in [7, 11) is 0. The lowest BCUT2D eigenvalue weighted by molar-refractivity contribution is -0.136. The van der Waals surface area contributed by atoms with E-state index in [0.29, 0.717) is 6.54 Å². The Morgan fingerprint density at radius 2 is 1.95 bits per heavy atom. The van der Waals surface area contributed by atoms with Crippen LogP contribution >= 0.6 is 0 Å². The Morgan fingerprint density at radius 1 is 1.24 bits per heavy atom. The van der Waals surface area contributed by atoms with Crippen LogP contribution in [0.3, 0.4) is 0 Å². The average Bonchev–Trinajstić information content (AvgIpc) is 2.44. The molecule has 1 aromatic carbocycles. The second-order valence-electron chi connectivity index (χ2n) is 5.67. The number of hydrogen-bond acceptors (Lipinski definition) is 3. The van der Waals surface area contributed by atoms with Gasteiger partial charge in [0, 0.05) is 6.54 Å². The van der Waals surface area contributed by atoms with Crippen molar-refractivity contribution in [1.82, 2.24) is 5.32 Å². The van der Waals surface area contributed by atoms with Crippen LogP contribution in [0.4, 0.5) is 0 Å². The SMILES string of the molecule is CC(C)CCCOc1ccc(CCNCCC(=O)O)cc1. The molecule has 0 atom stereocenters. The van der Waals surface area contributed by atoms with Crippen molar-refractivity contribution in [2.24, 2.45) is 5.92 Å². The molecule has 0 fully saturated rings. The summed E-state index contributed by atoms with van der Waals surface area (Å²) in [6.07, 6.45) is 3.35. The second-order valence-corrected chi connectivity index (χ2v) is 5.67. The smallest absolute Gasteiger partial charge is 0.304 e. The molecule has 0 aliphatic rings. The maximum atomic E-state index is 10.4. The third-order valence-corrected chi connectivity index (χ3v) is 3.22. The number of carbonyl (C=O) groups is 1. The molecule has 0 unspecified atom stereocenters. The summed E-state index contributed by atoms with van der Waals surface area (Å²) in [5.74, 6) is 0.882. The Morgan fingerprint density at radius 3 is 2.57 bits per heavy atom. The van der Waals surface area contributed by atoms with Gasteiger partial charge in [0.2, 0.25) is 0 Å². The standard InChI is InChI=1S/C17H27NO3/c1-14(2)4-3-13-21-16-7-5-15(6-8-16)9-11-18-12-10-17(19)20/h5-8,14,18H,3-4,9-13H2,1-2H3,(H,19,20). The molecule has 0 radical (unpaired) electrons. The highest BCUT2D eigenvalue weighted by atomic mass is 16.5. The Balaban J connectivity index is 2.16. The topological polar surface area (TPSA) is 58.6 Å². The Bertz CT molecular complexity index is 401. The van der Waals surface area contributed by atoms with Crippen molar-refractivity contribution in [1.29, 1.82) is 0 Å². The fourth-order valence-corrected chi connectivity index (χ4v) is 1.99. The second kappa shape index (κ2) is 10.2. The van der Waals surface area contributed by atoms with Gasteiger partial charge >= 0.3 is 5.97 Å². The van der Waals surface area contributed by atoms with Crippen molar-refractivity contribution >= 4 is 5.97 Å². The van der Waals surface area contributed by atoms with Crippen molar-refractivity contribution in [3.63, 3.8) is 0 Å². The molecule has 0 heterocycles. The lowest BCUT2D eigenvalue weighted by Gasteiger charge is -2.08. The molecule has 118 valence electrons. The molecule has 1 aromatic rings. The zero-order valence-electron chi connectivity index (χ0n) is 13.1. The van der Waals surface area contributed by atoms with Gasteiger partial charge in [0.1, 0.15) is 5.75 Å². The molecule has 0 amide bonds. The summed E-state index contributed by atoms with van der Waals surface area (Å²) in [6, 6.07) is 8.14. The Kier molecular flexibility index (Phi) is 8.51. The number of rotatable bonds is 11. The van der Waals surface area contributed by atoms with Crippen LogP contribution in [0.2, 0.25) is 0 Å². The molecule has 0 aliphatic heterocycles. The summed E-state index contributed by atoms with van der Waals surface area (Å²) >= 11 is 0. The monoisotopic (exact) mass is 293 g/mol. The highest BCUT2D eigenvalue weighted by molar-refractivity contribution is 5.66. The maximum Gasteiger partial charge on any atom is 0.304 e. The zero-order valence-corrected chi connectivity index (χ0v) is 13.1. The van der Waals surface area contributed by atoms with Gasteiger partial charge in [-0.05, 0) is 49.4 Å². The van der Waals surface area contributed by atoms with Gasteiger partial charge in [0.25, 0.3) is 0 Å². The summed E-state index contributed by atoms with van der Waals surface area (Å²) < 4.78 is 5.70. The first-order chi connectivity index (χ1) is 10.1. The summed E-state index contributed by atoms with van der Waals surface area (Å²) in [5.41, 5.74) is 1.23. The maximum absolute atomic E-state index is 10.4. The van der Waals surface area contributed by atoms with Gasteiger partial charge in [-0.2, -0.15) is 0 Å². The van der Waals surface area contributed by atoms with E-state index in [1.807, 2.05) is 12.1 Å². The number of benzene rings is 1. The van der Waals surface area contributed by atoms with Crippen LogP contribution in [-0.2, 0) is 11.2 Å². The van der Waals surface area contributed by atoms with E-state index in [9.17, 15) is 4.79 Å². The molecule has 4 nitrogen and oxygen atoms in total. The molecule has 2 N–H and O–H groups in total. The average molecular weight is 293 g/mol.